The Morgan fingerprint density at radius 3 is 2.78 bits per heavy atom. The van der Waals surface area contributed by atoms with Crippen molar-refractivity contribution in [1.29, 1.82) is 0 Å². The lowest BCUT2D eigenvalue weighted by atomic mass is 9.98. The highest BCUT2D eigenvalue weighted by Gasteiger charge is 2.25. The number of benzene rings is 1. The van der Waals surface area contributed by atoms with Gasteiger partial charge in [-0.1, -0.05) is 25.1 Å². The van der Waals surface area contributed by atoms with Crippen LogP contribution in [0.3, 0.4) is 0 Å². The van der Waals surface area contributed by atoms with E-state index in [4.69, 9.17) is 0 Å². The zero-order valence-corrected chi connectivity index (χ0v) is 13.5. The Morgan fingerprint density at radius 2 is 2.04 bits per heavy atom. The highest BCUT2D eigenvalue weighted by atomic mass is 19.1. The van der Waals surface area contributed by atoms with Gasteiger partial charge in [-0.15, -0.1) is 0 Å². The summed E-state index contributed by atoms with van der Waals surface area (Å²) in [5.41, 5.74) is 1.94. The first-order valence-electron chi connectivity index (χ1n) is 8.28. The Balaban J connectivity index is 1.56. The van der Waals surface area contributed by atoms with Gasteiger partial charge in [0.05, 0.1) is 0 Å². The van der Waals surface area contributed by atoms with Crippen molar-refractivity contribution in [2.75, 3.05) is 25.0 Å². The maximum atomic E-state index is 13.9. The monoisotopic (exact) mass is 314 g/mol. The van der Waals surface area contributed by atoms with E-state index < -0.39 is 0 Å². The van der Waals surface area contributed by atoms with E-state index in [0.717, 1.165) is 50.1 Å². The Labute approximate surface area is 136 Å². The number of hydrogen-bond acceptors (Lipinski definition) is 4. The van der Waals surface area contributed by atoms with Crippen LogP contribution in [0.4, 0.5) is 10.3 Å². The number of halogens is 1. The van der Waals surface area contributed by atoms with Crippen molar-refractivity contribution in [2.24, 2.45) is 0 Å². The van der Waals surface area contributed by atoms with Gasteiger partial charge in [-0.2, -0.15) is 0 Å². The second-order valence-corrected chi connectivity index (χ2v) is 6.08. The van der Waals surface area contributed by atoms with E-state index in [-0.39, 0.29) is 11.7 Å². The molecule has 1 aliphatic heterocycles. The number of nitrogens with zero attached hydrogens (tertiary/aromatic N) is 3. The molecule has 1 aromatic carbocycles. The van der Waals surface area contributed by atoms with E-state index in [1.807, 2.05) is 24.5 Å². The van der Waals surface area contributed by atoms with Crippen LogP contribution in [-0.4, -0.2) is 34.5 Å². The minimum atomic E-state index is -0.0889. The molecule has 1 saturated heterocycles. The first kappa shape index (κ1) is 15.9. The summed E-state index contributed by atoms with van der Waals surface area (Å²) in [5.74, 6) is 0.873. The van der Waals surface area contributed by atoms with Crippen LogP contribution in [0.5, 0.6) is 0 Å². The molecule has 1 N–H and O–H groups in total. The topological polar surface area (TPSA) is 41.1 Å². The van der Waals surface area contributed by atoms with Gasteiger partial charge in [-0.25, -0.2) is 14.4 Å². The quantitative estimate of drug-likeness (QED) is 0.887. The molecule has 5 heteroatoms. The third-order valence-corrected chi connectivity index (χ3v) is 4.26. The van der Waals surface area contributed by atoms with Gasteiger partial charge < -0.3 is 5.32 Å². The summed E-state index contributed by atoms with van der Waals surface area (Å²) < 4.78 is 13.9. The van der Waals surface area contributed by atoms with Gasteiger partial charge in [0.1, 0.15) is 5.82 Å². The van der Waals surface area contributed by atoms with E-state index >= 15 is 0 Å². The van der Waals surface area contributed by atoms with Gasteiger partial charge >= 0.3 is 0 Å². The fourth-order valence-electron chi connectivity index (χ4n) is 3.06. The Morgan fingerprint density at radius 1 is 1.26 bits per heavy atom. The summed E-state index contributed by atoms with van der Waals surface area (Å²) in [6.45, 7) is 5.68. The van der Waals surface area contributed by atoms with Crippen LogP contribution in [0.1, 0.15) is 36.8 Å². The highest BCUT2D eigenvalue weighted by Crippen LogP contribution is 2.29. The normalized spacial score (nSPS) is 18.3. The van der Waals surface area contributed by atoms with Crippen LogP contribution in [-0.2, 0) is 6.54 Å². The second kappa shape index (κ2) is 7.51. The molecule has 0 unspecified atom stereocenters. The molecule has 0 bridgehead atoms. The highest BCUT2D eigenvalue weighted by molar-refractivity contribution is 5.25. The van der Waals surface area contributed by atoms with Crippen molar-refractivity contribution in [2.45, 2.75) is 32.2 Å². The molecule has 0 saturated carbocycles. The number of hydrogen-bond donors (Lipinski definition) is 1. The van der Waals surface area contributed by atoms with Crippen molar-refractivity contribution in [3.05, 3.63) is 53.6 Å². The van der Waals surface area contributed by atoms with E-state index in [0.29, 0.717) is 5.95 Å². The molecule has 1 fully saturated rings. The van der Waals surface area contributed by atoms with Gasteiger partial charge in [-0.3, -0.25) is 4.90 Å². The number of nitrogens with one attached hydrogen (secondary N) is 1. The second-order valence-electron chi connectivity index (χ2n) is 6.08. The van der Waals surface area contributed by atoms with Gasteiger partial charge in [0.25, 0.3) is 0 Å². The van der Waals surface area contributed by atoms with Crippen LogP contribution in [0, 0.1) is 5.82 Å². The van der Waals surface area contributed by atoms with E-state index in [1.165, 1.54) is 0 Å². The number of aromatic nitrogens is 2. The fourth-order valence-corrected chi connectivity index (χ4v) is 3.06. The Bertz CT molecular complexity index is 629. The van der Waals surface area contributed by atoms with Gasteiger partial charge in [0, 0.05) is 43.5 Å². The average Bonchev–Trinajstić information content (AvgIpc) is 3.03. The van der Waals surface area contributed by atoms with Crippen LogP contribution < -0.4 is 5.32 Å². The fraction of sp³-hybridized carbons (Fsp3) is 0.444. The number of anilines is 1. The van der Waals surface area contributed by atoms with Crippen LogP contribution >= 0.6 is 0 Å². The summed E-state index contributed by atoms with van der Waals surface area (Å²) in [6, 6.07) is 7.11. The molecule has 0 amide bonds. The molecule has 0 aliphatic carbocycles. The van der Waals surface area contributed by atoms with Gasteiger partial charge in [0.15, 0.2) is 0 Å². The summed E-state index contributed by atoms with van der Waals surface area (Å²) in [4.78, 5) is 11.0. The molecule has 2 aromatic rings. The molecule has 0 spiro atoms. The maximum Gasteiger partial charge on any atom is 0.222 e. The van der Waals surface area contributed by atoms with Crippen molar-refractivity contribution in [3.8, 4) is 0 Å². The molecular weight excluding hydrogens is 291 g/mol. The standard InChI is InChI=1S/C18H23FN4/c1-2-8-20-18-21-10-14(11-22-18)12-23-9-7-15(13-23)16-5-3-4-6-17(16)19/h3-6,10-11,15H,2,7-9,12-13H2,1H3,(H,20,21,22)/t15-/m1/s1. The minimum Gasteiger partial charge on any atom is -0.354 e. The SMILES string of the molecule is CCCNc1ncc(CN2CC[C@@H](c3ccccc3F)C2)cn1. The molecule has 23 heavy (non-hydrogen) atoms. The van der Waals surface area contributed by atoms with Crippen LogP contribution in [0.25, 0.3) is 0 Å². The van der Waals surface area contributed by atoms with Crippen LogP contribution in [0.15, 0.2) is 36.7 Å². The molecular formula is C18H23FN4. The average molecular weight is 314 g/mol. The van der Waals surface area contributed by atoms with Crippen molar-refractivity contribution >= 4 is 5.95 Å². The lowest BCUT2D eigenvalue weighted by Gasteiger charge is -2.16. The molecule has 3 rings (SSSR count). The van der Waals surface area contributed by atoms with E-state index in [1.54, 1.807) is 12.1 Å². The number of rotatable bonds is 6. The Kier molecular flexibility index (Phi) is 5.18. The predicted octanol–water partition coefficient (Wildman–Crippen LogP) is 3.43. The van der Waals surface area contributed by atoms with Crippen molar-refractivity contribution < 1.29 is 4.39 Å². The summed E-state index contributed by atoms with van der Waals surface area (Å²) in [6.07, 6.45) is 5.80. The minimum absolute atomic E-state index is 0.0889. The van der Waals surface area contributed by atoms with Gasteiger partial charge in [0.2, 0.25) is 5.95 Å². The summed E-state index contributed by atoms with van der Waals surface area (Å²) in [7, 11) is 0. The third-order valence-electron chi connectivity index (χ3n) is 4.26. The molecule has 1 atom stereocenters. The largest absolute Gasteiger partial charge is 0.354 e. The van der Waals surface area contributed by atoms with E-state index in [9.17, 15) is 4.39 Å². The third kappa shape index (κ3) is 4.05. The summed E-state index contributed by atoms with van der Waals surface area (Å²) in [5, 5.41) is 3.17. The molecule has 4 nitrogen and oxygen atoms in total. The van der Waals surface area contributed by atoms with Crippen LogP contribution in [0.2, 0.25) is 0 Å². The molecule has 1 aliphatic rings. The zero-order valence-electron chi connectivity index (χ0n) is 13.5. The predicted molar refractivity (Wildman–Crippen MR) is 89.8 cm³/mol. The first-order valence-corrected chi connectivity index (χ1v) is 8.28. The summed E-state index contributed by atoms with van der Waals surface area (Å²) >= 11 is 0. The number of likely N-dealkylation sites (tertiary alicyclic amines) is 1. The first-order chi connectivity index (χ1) is 11.3. The lowest BCUT2D eigenvalue weighted by molar-refractivity contribution is 0.325. The zero-order chi connectivity index (χ0) is 16.1. The Hall–Kier alpha value is -2.01. The van der Waals surface area contributed by atoms with Crippen molar-refractivity contribution in [1.82, 2.24) is 14.9 Å². The molecule has 0 radical (unpaired) electrons. The van der Waals surface area contributed by atoms with Gasteiger partial charge in [-0.05, 0) is 31.0 Å². The maximum absolute atomic E-state index is 13.9. The smallest absolute Gasteiger partial charge is 0.222 e. The molecule has 2 heterocycles. The lowest BCUT2D eigenvalue weighted by Crippen LogP contribution is -2.20. The molecule has 1 aromatic heterocycles. The molecule has 122 valence electrons. The van der Waals surface area contributed by atoms with Crippen molar-refractivity contribution in [3.63, 3.8) is 0 Å². The van der Waals surface area contributed by atoms with E-state index in [2.05, 4.69) is 27.1 Å².